The number of esters is 1. The van der Waals surface area contributed by atoms with E-state index in [-0.39, 0.29) is 24.9 Å². The van der Waals surface area contributed by atoms with Crippen LogP contribution >= 0.6 is 0 Å². The van der Waals surface area contributed by atoms with Gasteiger partial charge in [-0.1, -0.05) is 5.16 Å². The second-order valence-corrected chi connectivity index (χ2v) is 6.55. The summed E-state index contributed by atoms with van der Waals surface area (Å²) < 4.78 is 35.4. The van der Waals surface area contributed by atoms with Crippen molar-refractivity contribution < 1.29 is 22.5 Å². The Labute approximate surface area is 118 Å². The van der Waals surface area contributed by atoms with E-state index in [0.717, 1.165) is 4.31 Å². The Morgan fingerprint density at radius 1 is 1.50 bits per heavy atom. The Morgan fingerprint density at radius 2 is 2.15 bits per heavy atom. The third kappa shape index (κ3) is 4.61. The molecule has 0 radical (unpaired) electrons. The van der Waals surface area contributed by atoms with Crippen molar-refractivity contribution in [1.29, 1.82) is 0 Å². The SMILES string of the molecule is CCOC(=O)CN(C(C)C)S(=O)(=O)Cc1cc(C)on1. The summed E-state index contributed by atoms with van der Waals surface area (Å²) in [6, 6.07) is 1.21. The van der Waals surface area contributed by atoms with E-state index in [9.17, 15) is 13.2 Å². The van der Waals surface area contributed by atoms with Gasteiger partial charge in [0.05, 0.1) is 6.61 Å². The summed E-state index contributed by atoms with van der Waals surface area (Å²) in [5.41, 5.74) is 0.317. The number of aryl methyl sites for hydroxylation is 1. The molecular formula is C12H20N2O5S. The molecule has 20 heavy (non-hydrogen) atoms. The first-order valence-corrected chi connectivity index (χ1v) is 7.94. The van der Waals surface area contributed by atoms with Gasteiger partial charge in [-0.2, -0.15) is 4.31 Å². The molecule has 0 fully saturated rings. The summed E-state index contributed by atoms with van der Waals surface area (Å²) in [4.78, 5) is 11.5. The number of sulfonamides is 1. The van der Waals surface area contributed by atoms with E-state index in [1.165, 1.54) is 0 Å². The Balaban J connectivity index is 2.86. The minimum atomic E-state index is -3.66. The Kier molecular flexibility index (Phi) is 5.70. The van der Waals surface area contributed by atoms with Crippen LogP contribution in [0, 0.1) is 6.92 Å². The molecule has 1 aromatic rings. The second-order valence-electron chi connectivity index (χ2n) is 4.63. The largest absolute Gasteiger partial charge is 0.465 e. The van der Waals surface area contributed by atoms with Crippen LogP contribution in [0.4, 0.5) is 0 Å². The highest BCUT2D eigenvalue weighted by Crippen LogP contribution is 2.14. The van der Waals surface area contributed by atoms with Crippen LogP contribution in [0.1, 0.15) is 32.2 Å². The highest BCUT2D eigenvalue weighted by molar-refractivity contribution is 7.88. The molecule has 0 spiro atoms. The molecule has 1 heterocycles. The maximum absolute atomic E-state index is 12.3. The van der Waals surface area contributed by atoms with Gasteiger partial charge in [0.25, 0.3) is 0 Å². The summed E-state index contributed by atoms with van der Waals surface area (Å²) in [7, 11) is -3.66. The van der Waals surface area contributed by atoms with Crippen molar-refractivity contribution in [2.45, 2.75) is 39.5 Å². The third-order valence-electron chi connectivity index (χ3n) is 2.53. The van der Waals surface area contributed by atoms with Gasteiger partial charge in [0.15, 0.2) is 0 Å². The molecular weight excluding hydrogens is 284 g/mol. The summed E-state index contributed by atoms with van der Waals surface area (Å²) in [5.74, 6) is -0.333. The van der Waals surface area contributed by atoms with Crippen molar-refractivity contribution in [2.24, 2.45) is 0 Å². The van der Waals surface area contributed by atoms with E-state index in [2.05, 4.69) is 5.16 Å². The number of nitrogens with zero attached hydrogens (tertiary/aromatic N) is 2. The van der Waals surface area contributed by atoms with Gasteiger partial charge < -0.3 is 9.26 Å². The number of hydrogen-bond donors (Lipinski definition) is 0. The topological polar surface area (TPSA) is 89.7 Å². The van der Waals surface area contributed by atoms with Crippen LogP contribution in [0.5, 0.6) is 0 Å². The van der Waals surface area contributed by atoms with Crippen LogP contribution in [0.3, 0.4) is 0 Å². The number of rotatable bonds is 7. The molecule has 0 saturated heterocycles. The van der Waals surface area contributed by atoms with Crippen LogP contribution in [0.25, 0.3) is 0 Å². The average Bonchev–Trinajstić information content (AvgIpc) is 2.70. The quantitative estimate of drug-likeness (QED) is 0.700. The molecule has 0 aliphatic rings. The highest BCUT2D eigenvalue weighted by atomic mass is 32.2. The van der Waals surface area contributed by atoms with Crippen molar-refractivity contribution in [3.63, 3.8) is 0 Å². The molecule has 1 aromatic heterocycles. The molecule has 7 nitrogen and oxygen atoms in total. The van der Waals surface area contributed by atoms with Gasteiger partial charge in [-0.25, -0.2) is 8.42 Å². The molecule has 0 unspecified atom stereocenters. The first-order valence-electron chi connectivity index (χ1n) is 6.33. The van der Waals surface area contributed by atoms with Crippen molar-refractivity contribution in [3.8, 4) is 0 Å². The summed E-state index contributed by atoms with van der Waals surface area (Å²) in [6.07, 6.45) is 0. The monoisotopic (exact) mass is 304 g/mol. The normalized spacial score (nSPS) is 12.1. The van der Waals surface area contributed by atoms with Crippen LogP contribution in [-0.2, 0) is 25.3 Å². The van der Waals surface area contributed by atoms with Crippen LogP contribution in [0.2, 0.25) is 0 Å². The van der Waals surface area contributed by atoms with Crippen LogP contribution in [0.15, 0.2) is 10.6 Å². The molecule has 0 atom stereocenters. The lowest BCUT2D eigenvalue weighted by Crippen LogP contribution is -2.41. The van der Waals surface area contributed by atoms with Gasteiger partial charge in [-0.3, -0.25) is 4.79 Å². The van der Waals surface area contributed by atoms with E-state index in [1.54, 1.807) is 33.8 Å². The zero-order valence-corrected chi connectivity index (χ0v) is 12.9. The first kappa shape index (κ1) is 16.6. The fourth-order valence-corrected chi connectivity index (χ4v) is 3.31. The van der Waals surface area contributed by atoms with E-state index < -0.39 is 16.0 Å². The molecule has 0 aliphatic heterocycles. The van der Waals surface area contributed by atoms with Gasteiger partial charge in [0, 0.05) is 12.1 Å². The van der Waals surface area contributed by atoms with Gasteiger partial charge >= 0.3 is 5.97 Å². The molecule has 0 aromatic carbocycles. The van der Waals surface area contributed by atoms with Crippen LogP contribution < -0.4 is 0 Å². The summed E-state index contributed by atoms with van der Waals surface area (Å²) in [5, 5.41) is 3.66. The molecule has 0 aliphatic carbocycles. The predicted molar refractivity (Wildman–Crippen MR) is 72.3 cm³/mol. The highest BCUT2D eigenvalue weighted by Gasteiger charge is 2.29. The van der Waals surface area contributed by atoms with Gasteiger partial charge in [0.2, 0.25) is 10.0 Å². The van der Waals surface area contributed by atoms with Gasteiger partial charge in [0.1, 0.15) is 23.8 Å². The van der Waals surface area contributed by atoms with E-state index in [4.69, 9.17) is 9.26 Å². The lowest BCUT2D eigenvalue weighted by atomic mass is 10.4. The van der Waals surface area contributed by atoms with Crippen molar-refractivity contribution >= 4 is 16.0 Å². The van der Waals surface area contributed by atoms with E-state index >= 15 is 0 Å². The number of aromatic nitrogens is 1. The van der Waals surface area contributed by atoms with Crippen LogP contribution in [-0.4, -0.2) is 43.0 Å². The molecule has 0 N–H and O–H groups in total. The zero-order chi connectivity index (χ0) is 15.3. The first-order chi connectivity index (χ1) is 9.26. The maximum Gasteiger partial charge on any atom is 0.321 e. The fourth-order valence-electron chi connectivity index (χ4n) is 1.69. The average molecular weight is 304 g/mol. The van der Waals surface area contributed by atoms with E-state index in [1.807, 2.05) is 0 Å². The minimum absolute atomic E-state index is 0.216. The predicted octanol–water partition coefficient (Wildman–Crippen LogP) is 1.09. The summed E-state index contributed by atoms with van der Waals surface area (Å²) >= 11 is 0. The van der Waals surface area contributed by atoms with Gasteiger partial charge in [-0.15, -0.1) is 0 Å². The fraction of sp³-hybridized carbons (Fsp3) is 0.667. The molecule has 0 saturated carbocycles. The minimum Gasteiger partial charge on any atom is -0.465 e. The second kappa shape index (κ2) is 6.85. The molecule has 114 valence electrons. The lowest BCUT2D eigenvalue weighted by molar-refractivity contribution is -0.143. The van der Waals surface area contributed by atoms with Gasteiger partial charge in [-0.05, 0) is 27.7 Å². The molecule has 0 bridgehead atoms. The Bertz CT molecular complexity index is 550. The summed E-state index contributed by atoms with van der Waals surface area (Å²) in [6.45, 7) is 6.67. The number of carbonyl (C=O) groups excluding carboxylic acids is 1. The molecule has 8 heteroatoms. The lowest BCUT2D eigenvalue weighted by Gasteiger charge is -2.24. The standard InChI is InChI=1S/C12H20N2O5S/c1-5-18-12(15)7-14(9(2)3)20(16,17)8-11-6-10(4)19-13-11/h6,9H,5,7-8H2,1-4H3. The van der Waals surface area contributed by atoms with Crippen molar-refractivity contribution in [1.82, 2.24) is 9.46 Å². The number of carbonyl (C=O) groups is 1. The van der Waals surface area contributed by atoms with Crippen molar-refractivity contribution in [2.75, 3.05) is 13.2 Å². The molecule has 1 rings (SSSR count). The zero-order valence-electron chi connectivity index (χ0n) is 12.1. The smallest absolute Gasteiger partial charge is 0.321 e. The number of ether oxygens (including phenoxy) is 1. The third-order valence-corrected chi connectivity index (χ3v) is 4.46. The van der Waals surface area contributed by atoms with Crippen molar-refractivity contribution in [3.05, 3.63) is 17.5 Å². The van der Waals surface area contributed by atoms with E-state index in [0.29, 0.717) is 11.5 Å². The Morgan fingerprint density at radius 3 is 2.60 bits per heavy atom. The molecule has 0 amide bonds. The Hall–Kier alpha value is -1.41. The number of hydrogen-bond acceptors (Lipinski definition) is 6. The maximum atomic E-state index is 12.3.